The molecule has 0 atom stereocenters. The second-order valence-corrected chi connectivity index (χ2v) is 4.24. The number of hydrogen-bond acceptors (Lipinski definition) is 4. The lowest BCUT2D eigenvalue weighted by Crippen LogP contribution is -2.11. The molecule has 1 heterocycles. The van der Waals surface area contributed by atoms with Gasteiger partial charge in [-0.25, -0.2) is 4.79 Å². The molecule has 0 fully saturated rings. The maximum Gasteiger partial charge on any atom is 0.337 e. The zero-order chi connectivity index (χ0) is 14.7. The molecule has 2 rings (SSSR count). The maximum atomic E-state index is 11.9. The number of aliphatic carboxylic acids is 1. The standard InChI is InChI=1S/C14H13NO5/c1-20-14(19)10-2-3-11-9(8-10)6-7-15(11)12(16)4-5-13(17)18/h2-3,6-8H,4-5H2,1H3,(H,17,18). The first-order chi connectivity index (χ1) is 9.52. The summed E-state index contributed by atoms with van der Waals surface area (Å²) < 4.78 is 6.01. The number of carbonyl (C=O) groups is 3. The van der Waals surface area contributed by atoms with Gasteiger partial charge in [0.15, 0.2) is 0 Å². The van der Waals surface area contributed by atoms with Crippen molar-refractivity contribution in [3.63, 3.8) is 0 Å². The van der Waals surface area contributed by atoms with Crippen molar-refractivity contribution in [1.82, 2.24) is 4.57 Å². The van der Waals surface area contributed by atoms with Gasteiger partial charge in [0.1, 0.15) is 0 Å². The SMILES string of the molecule is COC(=O)c1ccc2c(ccn2C(=O)CCC(=O)O)c1. The third kappa shape index (κ3) is 2.69. The van der Waals surface area contributed by atoms with Gasteiger partial charge in [0, 0.05) is 18.0 Å². The van der Waals surface area contributed by atoms with Gasteiger partial charge in [-0.05, 0) is 24.3 Å². The Hall–Kier alpha value is -2.63. The molecule has 104 valence electrons. The van der Waals surface area contributed by atoms with Crippen molar-refractivity contribution < 1.29 is 24.2 Å². The first kappa shape index (κ1) is 13.8. The van der Waals surface area contributed by atoms with Gasteiger partial charge in [0.2, 0.25) is 5.91 Å². The lowest BCUT2D eigenvalue weighted by molar-refractivity contribution is -0.137. The zero-order valence-electron chi connectivity index (χ0n) is 10.8. The normalized spacial score (nSPS) is 10.4. The van der Waals surface area contributed by atoms with Crippen molar-refractivity contribution in [2.45, 2.75) is 12.8 Å². The van der Waals surface area contributed by atoms with Gasteiger partial charge in [-0.15, -0.1) is 0 Å². The van der Waals surface area contributed by atoms with Gasteiger partial charge >= 0.3 is 11.9 Å². The minimum Gasteiger partial charge on any atom is -0.481 e. The van der Waals surface area contributed by atoms with Crippen molar-refractivity contribution in [1.29, 1.82) is 0 Å². The van der Waals surface area contributed by atoms with Gasteiger partial charge in [0.05, 0.1) is 24.6 Å². The Bertz CT molecular complexity index is 686. The van der Waals surface area contributed by atoms with Crippen LogP contribution in [0.4, 0.5) is 0 Å². The van der Waals surface area contributed by atoms with Crippen LogP contribution >= 0.6 is 0 Å². The van der Waals surface area contributed by atoms with E-state index in [4.69, 9.17) is 5.11 Å². The van der Waals surface area contributed by atoms with E-state index in [1.807, 2.05) is 0 Å². The molecule has 0 aliphatic carbocycles. The van der Waals surface area contributed by atoms with E-state index in [0.29, 0.717) is 11.1 Å². The molecular formula is C14H13NO5. The second-order valence-electron chi connectivity index (χ2n) is 4.24. The van der Waals surface area contributed by atoms with Crippen LogP contribution in [0.15, 0.2) is 30.5 Å². The van der Waals surface area contributed by atoms with E-state index in [2.05, 4.69) is 4.74 Å². The largest absolute Gasteiger partial charge is 0.481 e. The monoisotopic (exact) mass is 275 g/mol. The molecule has 1 aromatic heterocycles. The number of esters is 1. The third-order valence-corrected chi connectivity index (χ3v) is 2.93. The number of benzene rings is 1. The summed E-state index contributed by atoms with van der Waals surface area (Å²) in [5.41, 5.74) is 1.03. The molecule has 0 aliphatic heterocycles. The molecule has 0 radical (unpaired) electrons. The number of aromatic nitrogens is 1. The molecule has 0 aliphatic rings. The molecule has 0 saturated heterocycles. The Morgan fingerprint density at radius 2 is 1.95 bits per heavy atom. The van der Waals surface area contributed by atoms with Crippen LogP contribution in [0, 0.1) is 0 Å². The van der Waals surface area contributed by atoms with E-state index in [9.17, 15) is 14.4 Å². The molecule has 6 heteroatoms. The van der Waals surface area contributed by atoms with Crippen LogP contribution in [0.3, 0.4) is 0 Å². The average Bonchev–Trinajstić information content (AvgIpc) is 2.86. The molecule has 20 heavy (non-hydrogen) atoms. The van der Waals surface area contributed by atoms with Gasteiger partial charge in [0.25, 0.3) is 0 Å². The van der Waals surface area contributed by atoms with Crippen molar-refractivity contribution in [3.8, 4) is 0 Å². The summed E-state index contributed by atoms with van der Waals surface area (Å²) in [6.45, 7) is 0. The van der Waals surface area contributed by atoms with Gasteiger partial charge in [-0.3, -0.25) is 14.2 Å². The summed E-state index contributed by atoms with van der Waals surface area (Å²) >= 11 is 0. The molecule has 2 aromatic rings. The van der Waals surface area contributed by atoms with Crippen molar-refractivity contribution in [2.24, 2.45) is 0 Å². The van der Waals surface area contributed by atoms with Crippen LogP contribution in [0.5, 0.6) is 0 Å². The molecule has 6 nitrogen and oxygen atoms in total. The molecule has 0 unspecified atom stereocenters. The molecule has 1 N–H and O–H groups in total. The smallest absolute Gasteiger partial charge is 0.337 e. The highest BCUT2D eigenvalue weighted by Gasteiger charge is 2.12. The molecule has 1 aromatic carbocycles. The van der Waals surface area contributed by atoms with Crippen LogP contribution in [0.1, 0.15) is 28.0 Å². The highest BCUT2D eigenvalue weighted by Crippen LogP contribution is 2.19. The minimum atomic E-state index is -1.01. The first-order valence-electron chi connectivity index (χ1n) is 5.97. The molecular weight excluding hydrogens is 262 g/mol. The molecule has 0 saturated carbocycles. The number of ether oxygens (including phenoxy) is 1. The number of carboxylic acids is 1. The van der Waals surface area contributed by atoms with Crippen LogP contribution < -0.4 is 0 Å². The van der Waals surface area contributed by atoms with E-state index in [1.165, 1.54) is 11.7 Å². The van der Waals surface area contributed by atoms with E-state index in [1.54, 1.807) is 30.5 Å². The summed E-state index contributed by atoms with van der Waals surface area (Å²) in [5.74, 6) is -1.76. The number of nitrogens with zero attached hydrogens (tertiary/aromatic N) is 1. The Morgan fingerprint density at radius 1 is 1.20 bits per heavy atom. The number of fused-ring (bicyclic) bond motifs is 1. The lowest BCUT2D eigenvalue weighted by atomic mass is 10.1. The fraction of sp³-hybridized carbons (Fsp3) is 0.214. The van der Waals surface area contributed by atoms with E-state index in [0.717, 1.165) is 5.39 Å². The summed E-state index contributed by atoms with van der Waals surface area (Å²) in [7, 11) is 1.30. The zero-order valence-corrected chi connectivity index (χ0v) is 10.8. The summed E-state index contributed by atoms with van der Waals surface area (Å²) in [6, 6.07) is 6.53. The highest BCUT2D eigenvalue weighted by atomic mass is 16.5. The summed E-state index contributed by atoms with van der Waals surface area (Å²) in [4.78, 5) is 33.8. The Labute approximate surface area is 114 Å². The fourth-order valence-electron chi connectivity index (χ4n) is 1.94. The number of methoxy groups -OCH3 is 1. The summed E-state index contributed by atoms with van der Waals surface area (Å²) in [5, 5.41) is 9.30. The lowest BCUT2D eigenvalue weighted by Gasteiger charge is -2.04. The van der Waals surface area contributed by atoms with E-state index in [-0.39, 0.29) is 18.7 Å². The number of carboxylic acid groups (broad SMARTS) is 1. The molecule has 0 bridgehead atoms. The number of carbonyl (C=O) groups excluding carboxylic acids is 2. The fourth-order valence-corrected chi connectivity index (χ4v) is 1.94. The quantitative estimate of drug-likeness (QED) is 0.862. The van der Waals surface area contributed by atoms with Gasteiger partial charge < -0.3 is 9.84 Å². The highest BCUT2D eigenvalue weighted by molar-refractivity contribution is 5.98. The molecule has 0 spiro atoms. The maximum absolute atomic E-state index is 11.9. The Kier molecular flexibility index (Phi) is 3.84. The minimum absolute atomic E-state index is 0.0716. The van der Waals surface area contributed by atoms with E-state index >= 15 is 0 Å². The Morgan fingerprint density at radius 3 is 2.60 bits per heavy atom. The van der Waals surface area contributed by atoms with Crippen LogP contribution in [-0.2, 0) is 9.53 Å². The van der Waals surface area contributed by atoms with Crippen molar-refractivity contribution in [2.75, 3.05) is 7.11 Å². The topological polar surface area (TPSA) is 85.6 Å². The van der Waals surface area contributed by atoms with Crippen LogP contribution in [0.2, 0.25) is 0 Å². The first-order valence-corrected chi connectivity index (χ1v) is 5.97. The predicted octanol–water partition coefficient (Wildman–Crippen LogP) is 1.93. The van der Waals surface area contributed by atoms with Gasteiger partial charge in [-0.2, -0.15) is 0 Å². The van der Waals surface area contributed by atoms with Crippen molar-refractivity contribution >= 4 is 28.7 Å². The van der Waals surface area contributed by atoms with E-state index < -0.39 is 11.9 Å². The van der Waals surface area contributed by atoms with Crippen molar-refractivity contribution in [3.05, 3.63) is 36.0 Å². The van der Waals surface area contributed by atoms with Gasteiger partial charge in [-0.1, -0.05) is 0 Å². The third-order valence-electron chi connectivity index (χ3n) is 2.93. The number of rotatable bonds is 4. The predicted molar refractivity (Wildman–Crippen MR) is 70.8 cm³/mol. The Balaban J connectivity index is 2.31. The number of hydrogen-bond donors (Lipinski definition) is 1. The summed E-state index contributed by atoms with van der Waals surface area (Å²) in [6.07, 6.45) is 1.28. The average molecular weight is 275 g/mol. The second kappa shape index (κ2) is 5.56. The van der Waals surface area contributed by atoms with Crippen LogP contribution in [0.25, 0.3) is 10.9 Å². The molecule has 0 amide bonds. The van der Waals surface area contributed by atoms with Crippen LogP contribution in [-0.4, -0.2) is 34.6 Å².